The van der Waals surface area contributed by atoms with Gasteiger partial charge in [-0.05, 0) is 61.8 Å². The van der Waals surface area contributed by atoms with E-state index >= 15 is 0 Å². The molecule has 3 nitrogen and oxygen atoms in total. The van der Waals surface area contributed by atoms with Crippen molar-refractivity contribution >= 4 is 5.91 Å². The van der Waals surface area contributed by atoms with Crippen molar-refractivity contribution in [1.29, 1.82) is 0 Å². The van der Waals surface area contributed by atoms with E-state index in [0.29, 0.717) is 12.0 Å². The number of hydrogen-bond donors (Lipinski definition) is 1. The fraction of sp³-hybridized carbons (Fsp3) is 0.562. The van der Waals surface area contributed by atoms with Crippen LogP contribution in [0.15, 0.2) is 18.2 Å². The first-order valence-corrected chi connectivity index (χ1v) is 7.13. The molecule has 0 heterocycles. The van der Waals surface area contributed by atoms with Gasteiger partial charge >= 0.3 is 0 Å². The SMILES string of the molecule is COc1ccc(C(=O)NC2CC3CCC2C3)cc1C. The van der Waals surface area contributed by atoms with E-state index in [1.807, 2.05) is 25.1 Å². The van der Waals surface area contributed by atoms with Gasteiger partial charge in [0.25, 0.3) is 5.91 Å². The molecule has 3 unspecified atom stereocenters. The molecule has 0 aliphatic heterocycles. The van der Waals surface area contributed by atoms with Crippen LogP contribution in [0.3, 0.4) is 0 Å². The molecule has 1 N–H and O–H groups in total. The molecule has 2 bridgehead atoms. The van der Waals surface area contributed by atoms with E-state index < -0.39 is 0 Å². The number of rotatable bonds is 3. The summed E-state index contributed by atoms with van der Waals surface area (Å²) in [5.74, 6) is 2.46. The lowest BCUT2D eigenvalue weighted by Gasteiger charge is -2.23. The third-order valence-corrected chi connectivity index (χ3v) is 4.71. The minimum Gasteiger partial charge on any atom is -0.496 e. The molecule has 2 fully saturated rings. The number of nitrogens with one attached hydrogen (secondary N) is 1. The van der Waals surface area contributed by atoms with E-state index in [9.17, 15) is 4.79 Å². The van der Waals surface area contributed by atoms with Crippen LogP contribution in [0.5, 0.6) is 5.75 Å². The fourth-order valence-corrected chi connectivity index (χ4v) is 3.69. The van der Waals surface area contributed by atoms with Gasteiger partial charge in [0.05, 0.1) is 7.11 Å². The van der Waals surface area contributed by atoms with Crippen LogP contribution in [0, 0.1) is 18.8 Å². The largest absolute Gasteiger partial charge is 0.496 e. The minimum absolute atomic E-state index is 0.0586. The number of hydrogen-bond acceptors (Lipinski definition) is 2. The van der Waals surface area contributed by atoms with Gasteiger partial charge in [-0.15, -0.1) is 0 Å². The Morgan fingerprint density at radius 1 is 1.32 bits per heavy atom. The molecule has 19 heavy (non-hydrogen) atoms. The van der Waals surface area contributed by atoms with Gasteiger partial charge in [0.1, 0.15) is 5.75 Å². The van der Waals surface area contributed by atoms with Gasteiger partial charge in [-0.2, -0.15) is 0 Å². The van der Waals surface area contributed by atoms with Crippen molar-refractivity contribution in [3.05, 3.63) is 29.3 Å². The lowest BCUT2D eigenvalue weighted by atomic mass is 9.95. The lowest BCUT2D eigenvalue weighted by molar-refractivity contribution is 0.0923. The Morgan fingerprint density at radius 3 is 2.74 bits per heavy atom. The lowest BCUT2D eigenvalue weighted by Crippen LogP contribution is -2.38. The number of ether oxygens (including phenoxy) is 1. The van der Waals surface area contributed by atoms with Crippen LogP contribution in [0.4, 0.5) is 0 Å². The van der Waals surface area contributed by atoms with Crippen LogP contribution < -0.4 is 10.1 Å². The number of aryl methyl sites for hydroxylation is 1. The van der Waals surface area contributed by atoms with Crippen LogP contribution in [0.2, 0.25) is 0 Å². The predicted molar refractivity (Wildman–Crippen MR) is 74.4 cm³/mol. The monoisotopic (exact) mass is 259 g/mol. The normalized spacial score (nSPS) is 28.4. The van der Waals surface area contributed by atoms with E-state index in [-0.39, 0.29) is 5.91 Å². The van der Waals surface area contributed by atoms with E-state index in [2.05, 4.69) is 5.32 Å². The van der Waals surface area contributed by atoms with Crippen molar-refractivity contribution in [2.45, 2.75) is 38.6 Å². The number of methoxy groups -OCH3 is 1. The van der Waals surface area contributed by atoms with E-state index in [4.69, 9.17) is 4.74 Å². The molecule has 0 radical (unpaired) electrons. The zero-order chi connectivity index (χ0) is 13.4. The van der Waals surface area contributed by atoms with Crippen LogP contribution in [0.1, 0.15) is 41.6 Å². The molecule has 0 aromatic heterocycles. The summed E-state index contributed by atoms with van der Waals surface area (Å²) in [6.45, 7) is 1.97. The van der Waals surface area contributed by atoms with E-state index in [1.54, 1.807) is 7.11 Å². The zero-order valence-electron chi connectivity index (χ0n) is 11.6. The van der Waals surface area contributed by atoms with Crippen molar-refractivity contribution in [3.8, 4) is 5.75 Å². The summed E-state index contributed by atoms with van der Waals surface area (Å²) in [6.07, 6.45) is 5.13. The molecule has 3 atom stereocenters. The van der Waals surface area contributed by atoms with Crippen LogP contribution in [-0.2, 0) is 0 Å². The highest BCUT2D eigenvalue weighted by Gasteiger charge is 2.40. The summed E-state index contributed by atoms with van der Waals surface area (Å²) in [7, 11) is 1.65. The van der Waals surface area contributed by atoms with Crippen molar-refractivity contribution in [2.24, 2.45) is 11.8 Å². The van der Waals surface area contributed by atoms with Crippen LogP contribution in [-0.4, -0.2) is 19.1 Å². The molecule has 2 aliphatic carbocycles. The first kappa shape index (κ1) is 12.5. The highest BCUT2D eigenvalue weighted by Crippen LogP contribution is 2.44. The topological polar surface area (TPSA) is 38.3 Å². The first-order chi connectivity index (χ1) is 9.17. The van der Waals surface area contributed by atoms with Gasteiger partial charge in [0.15, 0.2) is 0 Å². The molecule has 2 aliphatic rings. The second kappa shape index (κ2) is 4.87. The Morgan fingerprint density at radius 2 is 2.16 bits per heavy atom. The molecule has 2 saturated carbocycles. The average Bonchev–Trinajstić information content (AvgIpc) is 3.00. The van der Waals surface area contributed by atoms with Crippen molar-refractivity contribution < 1.29 is 9.53 Å². The summed E-state index contributed by atoms with van der Waals surface area (Å²) in [4.78, 5) is 12.3. The third kappa shape index (κ3) is 2.34. The smallest absolute Gasteiger partial charge is 0.251 e. The Hall–Kier alpha value is -1.51. The highest BCUT2D eigenvalue weighted by atomic mass is 16.5. The molecule has 3 rings (SSSR count). The molecule has 102 valence electrons. The summed E-state index contributed by atoms with van der Waals surface area (Å²) in [5.41, 5.74) is 1.74. The quantitative estimate of drug-likeness (QED) is 0.906. The van der Waals surface area contributed by atoms with E-state index in [0.717, 1.165) is 22.8 Å². The van der Waals surface area contributed by atoms with E-state index in [1.165, 1.54) is 25.7 Å². The minimum atomic E-state index is 0.0586. The number of benzene rings is 1. The summed E-state index contributed by atoms with van der Waals surface area (Å²) in [5, 5.41) is 3.21. The number of amides is 1. The van der Waals surface area contributed by atoms with Crippen molar-refractivity contribution in [2.75, 3.05) is 7.11 Å². The second-order valence-electron chi connectivity index (χ2n) is 5.94. The molecular weight excluding hydrogens is 238 g/mol. The molecular formula is C16H21NO2. The maximum Gasteiger partial charge on any atom is 0.251 e. The number of carbonyl (C=O) groups is 1. The van der Waals surface area contributed by atoms with Crippen LogP contribution >= 0.6 is 0 Å². The van der Waals surface area contributed by atoms with Gasteiger partial charge in [-0.25, -0.2) is 0 Å². The van der Waals surface area contributed by atoms with Gasteiger partial charge in [0.2, 0.25) is 0 Å². The Kier molecular flexibility index (Phi) is 3.21. The standard InChI is InChI=1S/C16H21NO2/c1-10-7-13(5-6-15(10)19-2)16(18)17-14-9-11-3-4-12(14)8-11/h5-7,11-12,14H,3-4,8-9H2,1-2H3,(H,17,18). The van der Waals surface area contributed by atoms with Gasteiger partial charge in [-0.1, -0.05) is 6.42 Å². The Labute approximate surface area is 114 Å². The van der Waals surface area contributed by atoms with Crippen LogP contribution in [0.25, 0.3) is 0 Å². The predicted octanol–water partition coefficient (Wildman–Crippen LogP) is 2.92. The summed E-state index contributed by atoms with van der Waals surface area (Å²) >= 11 is 0. The second-order valence-corrected chi connectivity index (χ2v) is 5.94. The van der Waals surface area contributed by atoms with Gasteiger partial charge in [-0.3, -0.25) is 4.79 Å². The number of fused-ring (bicyclic) bond motifs is 2. The summed E-state index contributed by atoms with van der Waals surface area (Å²) in [6, 6.07) is 6.01. The van der Waals surface area contributed by atoms with Gasteiger partial charge < -0.3 is 10.1 Å². The average molecular weight is 259 g/mol. The van der Waals surface area contributed by atoms with Gasteiger partial charge in [0, 0.05) is 11.6 Å². The first-order valence-electron chi connectivity index (χ1n) is 7.13. The molecule has 1 aromatic carbocycles. The Bertz CT molecular complexity index is 498. The van der Waals surface area contributed by atoms with Crippen molar-refractivity contribution in [3.63, 3.8) is 0 Å². The molecule has 3 heteroatoms. The third-order valence-electron chi connectivity index (χ3n) is 4.71. The molecule has 1 amide bonds. The highest BCUT2D eigenvalue weighted by molar-refractivity contribution is 5.94. The summed E-state index contributed by atoms with van der Waals surface area (Å²) < 4.78 is 5.22. The maximum absolute atomic E-state index is 12.3. The molecule has 0 saturated heterocycles. The zero-order valence-corrected chi connectivity index (χ0v) is 11.6. The Balaban J connectivity index is 1.69. The fourth-order valence-electron chi connectivity index (χ4n) is 3.69. The maximum atomic E-state index is 12.3. The molecule has 0 spiro atoms. The molecule has 1 aromatic rings. The van der Waals surface area contributed by atoms with Crippen molar-refractivity contribution in [1.82, 2.24) is 5.32 Å². The number of carbonyl (C=O) groups excluding carboxylic acids is 1.